The Hall–Kier alpha value is -6.08. The number of hydrogen-bond acceptors (Lipinski definition) is 4. The summed E-state index contributed by atoms with van der Waals surface area (Å²) >= 11 is 0. The molecule has 0 bridgehead atoms. The van der Waals surface area contributed by atoms with E-state index >= 15 is 0 Å². The molecule has 2 heterocycles. The van der Waals surface area contributed by atoms with Gasteiger partial charge >= 0.3 is 0 Å². The van der Waals surface area contributed by atoms with E-state index in [-0.39, 0.29) is 5.91 Å². The van der Waals surface area contributed by atoms with Crippen LogP contribution in [0.2, 0.25) is 0 Å². The van der Waals surface area contributed by atoms with Gasteiger partial charge in [-0.2, -0.15) is 10.2 Å². The van der Waals surface area contributed by atoms with Crippen molar-refractivity contribution in [2.75, 3.05) is 0 Å². The number of aromatic nitrogens is 4. The zero-order chi connectivity index (χ0) is 30.6. The third kappa shape index (κ3) is 5.32. The van der Waals surface area contributed by atoms with Gasteiger partial charge in [-0.05, 0) is 33.9 Å². The molecule has 7 aromatic rings. The summed E-state index contributed by atoms with van der Waals surface area (Å²) in [4.78, 5) is 25.1. The number of carbonyl (C=O) groups excluding carboxylic acids is 2. The molecule has 1 amide bonds. The van der Waals surface area contributed by atoms with E-state index in [0.29, 0.717) is 17.8 Å². The Labute approximate surface area is 260 Å². The van der Waals surface area contributed by atoms with Gasteiger partial charge in [-0.1, -0.05) is 127 Å². The zero-order valence-electron chi connectivity index (χ0n) is 24.3. The highest BCUT2D eigenvalue weighted by Crippen LogP contribution is 2.38. The number of nitrogens with one attached hydrogen (secondary N) is 2. The highest BCUT2D eigenvalue weighted by atomic mass is 16.2. The topological polar surface area (TPSA) is 92.7 Å². The van der Waals surface area contributed by atoms with Gasteiger partial charge in [-0.15, -0.1) is 0 Å². The smallest absolute Gasteiger partial charge is 0.273 e. The number of aromatic amines is 1. The summed E-state index contributed by atoms with van der Waals surface area (Å²) in [5, 5.41) is 16.1. The van der Waals surface area contributed by atoms with Crippen molar-refractivity contribution in [2.24, 2.45) is 0 Å². The van der Waals surface area contributed by atoms with E-state index in [4.69, 9.17) is 0 Å². The van der Waals surface area contributed by atoms with Crippen molar-refractivity contribution in [3.8, 4) is 11.1 Å². The Morgan fingerprint density at radius 3 is 2.02 bits per heavy atom. The number of amides is 1. The molecule has 0 aliphatic carbocycles. The molecule has 7 heteroatoms. The zero-order valence-corrected chi connectivity index (χ0v) is 24.3. The molecule has 2 N–H and O–H groups in total. The van der Waals surface area contributed by atoms with E-state index in [9.17, 15) is 9.59 Å². The summed E-state index contributed by atoms with van der Waals surface area (Å²) < 4.78 is 1.88. The van der Waals surface area contributed by atoms with Crippen LogP contribution in [0.1, 0.15) is 43.1 Å². The van der Waals surface area contributed by atoms with Gasteiger partial charge in [-0.25, -0.2) is 0 Å². The first kappa shape index (κ1) is 27.7. The molecule has 0 aliphatic rings. The molecule has 0 saturated heterocycles. The van der Waals surface area contributed by atoms with Crippen LogP contribution < -0.4 is 5.32 Å². The molecule has 2 aromatic heterocycles. The minimum atomic E-state index is -1.00. The highest BCUT2D eigenvalue weighted by molar-refractivity contribution is 6.05. The van der Waals surface area contributed by atoms with Gasteiger partial charge in [0.25, 0.3) is 5.91 Å². The number of aldehydes is 1. The van der Waals surface area contributed by atoms with Crippen LogP contribution in [-0.2, 0) is 12.1 Å². The maximum Gasteiger partial charge on any atom is 0.273 e. The summed E-state index contributed by atoms with van der Waals surface area (Å²) in [6, 6.07) is 43.4. The molecular weight excluding hydrogens is 558 g/mol. The summed E-state index contributed by atoms with van der Waals surface area (Å²) in [7, 11) is 0. The highest BCUT2D eigenvalue weighted by Gasteiger charge is 2.39. The number of hydrogen-bond donors (Lipinski definition) is 2. The first-order chi connectivity index (χ1) is 22.1. The lowest BCUT2D eigenvalue weighted by Gasteiger charge is -2.36. The van der Waals surface area contributed by atoms with Gasteiger partial charge in [0.05, 0.1) is 18.3 Å². The predicted molar refractivity (Wildman–Crippen MR) is 175 cm³/mol. The Morgan fingerprint density at radius 1 is 0.733 bits per heavy atom. The van der Waals surface area contributed by atoms with Gasteiger partial charge in [0.15, 0.2) is 5.69 Å². The maximum atomic E-state index is 14.1. The number of H-pyrrole nitrogens is 1. The Kier molecular flexibility index (Phi) is 7.33. The van der Waals surface area contributed by atoms with E-state index in [0.717, 1.165) is 50.6 Å². The summed E-state index contributed by atoms with van der Waals surface area (Å²) in [6.45, 7) is 0.594. The van der Waals surface area contributed by atoms with E-state index in [1.54, 1.807) is 0 Å². The van der Waals surface area contributed by atoms with Crippen molar-refractivity contribution in [1.82, 2.24) is 25.3 Å². The molecule has 0 radical (unpaired) electrons. The molecule has 218 valence electrons. The van der Waals surface area contributed by atoms with Gasteiger partial charge < -0.3 is 5.32 Å². The molecule has 0 fully saturated rings. The normalized spacial score (nSPS) is 11.4. The van der Waals surface area contributed by atoms with Gasteiger partial charge in [-0.3, -0.25) is 19.4 Å². The molecule has 7 nitrogen and oxygen atoms in total. The van der Waals surface area contributed by atoms with Gasteiger partial charge in [0.2, 0.25) is 0 Å². The predicted octanol–water partition coefficient (Wildman–Crippen LogP) is 7.01. The van der Waals surface area contributed by atoms with Gasteiger partial charge in [0, 0.05) is 22.7 Å². The first-order valence-corrected chi connectivity index (χ1v) is 14.7. The van der Waals surface area contributed by atoms with Crippen LogP contribution in [0, 0.1) is 0 Å². The minimum Gasteiger partial charge on any atom is -0.333 e. The van der Waals surface area contributed by atoms with E-state index in [1.807, 2.05) is 126 Å². The van der Waals surface area contributed by atoms with Crippen molar-refractivity contribution in [2.45, 2.75) is 12.1 Å². The molecule has 0 spiro atoms. The third-order valence-corrected chi connectivity index (χ3v) is 8.14. The molecular formula is C38H29N5O2. The van der Waals surface area contributed by atoms with Crippen LogP contribution in [0.15, 0.2) is 146 Å². The average Bonchev–Trinajstić information content (AvgIpc) is 3.76. The lowest BCUT2D eigenvalue weighted by Crippen LogP contribution is -2.48. The number of fused-ring (bicyclic) bond motifs is 1. The first-order valence-electron chi connectivity index (χ1n) is 14.7. The van der Waals surface area contributed by atoms with Crippen molar-refractivity contribution in [3.05, 3.63) is 179 Å². The number of nitrogens with zero attached hydrogens (tertiary/aromatic N) is 3. The van der Waals surface area contributed by atoms with E-state index in [1.165, 1.54) is 0 Å². The second-order valence-electron chi connectivity index (χ2n) is 10.9. The SMILES string of the molecule is O=Cc1ccc(Cn2cc(-c3ccc(C(NC(=O)c4n[nH]c5ccccc45)(c4ccccc4)c4ccccc4)cc3)cn2)cc1. The van der Waals surface area contributed by atoms with Crippen molar-refractivity contribution >= 4 is 23.1 Å². The number of para-hydroxylation sites is 1. The Balaban J connectivity index is 1.27. The fourth-order valence-corrected chi connectivity index (χ4v) is 5.86. The van der Waals surface area contributed by atoms with Gasteiger partial charge in [0.1, 0.15) is 11.8 Å². The minimum absolute atomic E-state index is 0.285. The molecule has 45 heavy (non-hydrogen) atoms. The third-order valence-electron chi connectivity index (χ3n) is 8.14. The number of carbonyl (C=O) groups is 2. The van der Waals surface area contributed by atoms with Crippen LogP contribution in [0.25, 0.3) is 22.0 Å². The molecule has 0 saturated carbocycles. The van der Waals surface area contributed by atoms with Crippen LogP contribution >= 0.6 is 0 Å². The second kappa shape index (κ2) is 11.9. The fourth-order valence-electron chi connectivity index (χ4n) is 5.86. The standard InChI is InChI=1S/C38H29N5O2/c44-26-28-17-15-27(16-18-28)24-43-25-30(23-39-43)29-19-21-33(22-20-29)38(31-9-3-1-4-10-31,32-11-5-2-6-12-32)40-37(45)36-34-13-7-8-14-35(34)41-42-36/h1-23,25-26H,24H2,(H,40,45)(H,41,42). The Bertz CT molecular complexity index is 2040. The molecule has 7 rings (SSSR count). The van der Waals surface area contributed by atoms with Crippen molar-refractivity contribution < 1.29 is 9.59 Å². The van der Waals surface area contributed by atoms with Crippen LogP contribution in [0.3, 0.4) is 0 Å². The molecule has 0 unspecified atom stereocenters. The van der Waals surface area contributed by atoms with Crippen molar-refractivity contribution in [1.29, 1.82) is 0 Å². The van der Waals surface area contributed by atoms with Crippen LogP contribution in [-0.4, -0.2) is 32.2 Å². The number of benzene rings is 5. The quantitative estimate of drug-likeness (QED) is 0.140. The van der Waals surface area contributed by atoms with E-state index in [2.05, 4.69) is 44.9 Å². The summed E-state index contributed by atoms with van der Waals surface area (Å²) in [6.07, 6.45) is 4.70. The summed E-state index contributed by atoms with van der Waals surface area (Å²) in [5.74, 6) is -0.285. The monoisotopic (exact) mass is 587 g/mol. The lowest BCUT2D eigenvalue weighted by atomic mass is 9.76. The molecule has 0 atom stereocenters. The lowest BCUT2D eigenvalue weighted by molar-refractivity contribution is 0.0921. The van der Waals surface area contributed by atoms with Crippen molar-refractivity contribution in [3.63, 3.8) is 0 Å². The maximum absolute atomic E-state index is 14.1. The largest absolute Gasteiger partial charge is 0.333 e. The fraction of sp³-hybridized carbons (Fsp3) is 0.0526. The van der Waals surface area contributed by atoms with Crippen LogP contribution in [0.4, 0.5) is 0 Å². The van der Waals surface area contributed by atoms with E-state index < -0.39 is 5.54 Å². The van der Waals surface area contributed by atoms with Crippen LogP contribution in [0.5, 0.6) is 0 Å². The Morgan fingerprint density at radius 2 is 1.36 bits per heavy atom. The summed E-state index contributed by atoms with van der Waals surface area (Å²) in [5.41, 5.74) is 6.56. The average molecular weight is 588 g/mol. The molecule has 5 aromatic carbocycles. The molecule has 0 aliphatic heterocycles. The number of rotatable bonds is 9. The second-order valence-corrected chi connectivity index (χ2v) is 10.9.